The molecule has 0 aliphatic rings. The summed E-state index contributed by atoms with van der Waals surface area (Å²) in [5.41, 5.74) is 0.532. The Balaban J connectivity index is 2.82. The number of aromatic nitrogens is 1. The van der Waals surface area contributed by atoms with Crippen molar-refractivity contribution < 1.29 is 5.11 Å². The number of hydrogen-bond donors (Lipinski definition) is 2. The fraction of sp³-hybridized carbons (Fsp3) is 0.643. The van der Waals surface area contributed by atoms with Gasteiger partial charge in [-0.05, 0) is 39.4 Å². The highest BCUT2D eigenvalue weighted by molar-refractivity contribution is 6.31. The van der Waals surface area contributed by atoms with Gasteiger partial charge in [0.15, 0.2) is 0 Å². The van der Waals surface area contributed by atoms with Crippen molar-refractivity contribution in [2.75, 3.05) is 25.5 Å². The Morgan fingerprint density at radius 3 is 2.68 bits per heavy atom. The summed E-state index contributed by atoms with van der Waals surface area (Å²) in [6, 6.07) is 3.75. The van der Waals surface area contributed by atoms with Crippen molar-refractivity contribution >= 4 is 17.4 Å². The topological polar surface area (TPSA) is 48.4 Å². The Labute approximate surface area is 120 Å². The zero-order valence-corrected chi connectivity index (χ0v) is 13.0. The Hall–Kier alpha value is -0.840. The second kappa shape index (κ2) is 7.08. The number of aliphatic hydroxyl groups excluding tert-OH is 1. The second-order valence-corrected chi connectivity index (χ2v) is 5.79. The molecule has 1 aromatic heterocycles. The largest absolute Gasteiger partial charge is 0.394 e. The summed E-state index contributed by atoms with van der Waals surface area (Å²) in [6.45, 7) is 7.68. The predicted molar refractivity (Wildman–Crippen MR) is 80.7 cm³/mol. The molecular formula is C14H24ClN3O. The summed E-state index contributed by atoms with van der Waals surface area (Å²) in [6.07, 6.45) is 1.05. The van der Waals surface area contributed by atoms with Gasteiger partial charge in [0.25, 0.3) is 0 Å². The van der Waals surface area contributed by atoms with E-state index in [0.29, 0.717) is 11.6 Å². The normalized spacial score (nSPS) is 11.9. The van der Waals surface area contributed by atoms with Gasteiger partial charge in [0.2, 0.25) is 0 Å². The molecule has 0 saturated carbocycles. The zero-order valence-electron chi connectivity index (χ0n) is 12.2. The van der Waals surface area contributed by atoms with E-state index in [9.17, 15) is 5.11 Å². The van der Waals surface area contributed by atoms with Crippen molar-refractivity contribution in [3.63, 3.8) is 0 Å². The Bertz CT molecular complexity index is 410. The molecule has 19 heavy (non-hydrogen) atoms. The van der Waals surface area contributed by atoms with Crippen LogP contribution in [-0.2, 0) is 6.54 Å². The average molecular weight is 286 g/mol. The fourth-order valence-corrected chi connectivity index (χ4v) is 1.67. The van der Waals surface area contributed by atoms with Crippen LogP contribution in [0, 0.1) is 0 Å². The van der Waals surface area contributed by atoms with E-state index in [1.54, 1.807) is 0 Å². The Kier molecular flexibility index (Phi) is 6.04. The molecule has 1 aromatic rings. The van der Waals surface area contributed by atoms with Crippen LogP contribution in [0.15, 0.2) is 12.1 Å². The molecule has 108 valence electrons. The third kappa shape index (κ3) is 4.64. The van der Waals surface area contributed by atoms with Crippen molar-refractivity contribution in [1.29, 1.82) is 0 Å². The first kappa shape index (κ1) is 16.2. The lowest BCUT2D eigenvalue weighted by atomic mass is 10.1. The average Bonchev–Trinajstić information content (AvgIpc) is 2.39. The molecule has 0 atom stereocenters. The van der Waals surface area contributed by atoms with Crippen LogP contribution >= 0.6 is 11.6 Å². The number of aliphatic hydroxyl groups is 1. The first-order valence-electron chi connectivity index (χ1n) is 6.62. The zero-order chi connectivity index (χ0) is 14.5. The molecule has 0 unspecified atom stereocenters. The molecule has 0 aliphatic carbocycles. The quantitative estimate of drug-likeness (QED) is 0.809. The molecule has 0 bridgehead atoms. The van der Waals surface area contributed by atoms with E-state index < -0.39 is 0 Å². The molecule has 0 amide bonds. The number of nitrogens with zero attached hydrogens (tertiary/aromatic N) is 2. The maximum atomic E-state index is 9.38. The van der Waals surface area contributed by atoms with Crippen molar-refractivity contribution in [2.45, 2.75) is 39.3 Å². The minimum atomic E-state index is -0.294. The number of nitrogens with one attached hydrogen (secondary N) is 1. The van der Waals surface area contributed by atoms with Gasteiger partial charge in [-0.1, -0.05) is 18.5 Å². The molecule has 1 rings (SSSR count). The first-order chi connectivity index (χ1) is 8.90. The minimum absolute atomic E-state index is 0.0922. The van der Waals surface area contributed by atoms with E-state index in [1.165, 1.54) is 0 Å². The molecule has 4 nitrogen and oxygen atoms in total. The molecule has 0 saturated heterocycles. The van der Waals surface area contributed by atoms with Crippen LogP contribution in [-0.4, -0.2) is 40.7 Å². The standard InChI is InChI=1S/C14H24ClN3O/c1-5-8-16-13-7-6-11(15)12(17-13)9-18(4)14(2,3)10-19/h6-7,19H,5,8-10H2,1-4H3,(H,16,17). The molecule has 0 fully saturated rings. The van der Waals surface area contributed by atoms with Crippen molar-refractivity contribution in [3.05, 3.63) is 22.8 Å². The third-order valence-electron chi connectivity index (χ3n) is 3.28. The first-order valence-corrected chi connectivity index (χ1v) is 7.00. The maximum absolute atomic E-state index is 9.38. The number of halogens is 1. The Morgan fingerprint density at radius 2 is 2.11 bits per heavy atom. The molecule has 0 aromatic carbocycles. The summed E-state index contributed by atoms with van der Waals surface area (Å²) in [5.74, 6) is 0.844. The van der Waals surface area contributed by atoms with E-state index in [0.717, 1.165) is 24.5 Å². The van der Waals surface area contributed by atoms with Crippen LogP contribution in [0.3, 0.4) is 0 Å². The van der Waals surface area contributed by atoms with Crippen molar-refractivity contribution in [3.8, 4) is 0 Å². The molecule has 0 spiro atoms. The van der Waals surface area contributed by atoms with Crippen LogP contribution in [0.4, 0.5) is 5.82 Å². The SMILES string of the molecule is CCCNc1ccc(Cl)c(CN(C)C(C)(C)CO)n1. The smallest absolute Gasteiger partial charge is 0.126 e. The minimum Gasteiger partial charge on any atom is -0.394 e. The van der Waals surface area contributed by atoms with Crippen molar-refractivity contribution in [1.82, 2.24) is 9.88 Å². The van der Waals surface area contributed by atoms with Crippen LogP contribution < -0.4 is 5.32 Å². The summed E-state index contributed by atoms with van der Waals surface area (Å²) in [5, 5.41) is 13.3. The summed E-state index contributed by atoms with van der Waals surface area (Å²) < 4.78 is 0. The molecule has 1 heterocycles. The number of pyridine rings is 1. The second-order valence-electron chi connectivity index (χ2n) is 5.38. The molecular weight excluding hydrogens is 262 g/mol. The van der Waals surface area contributed by atoms with Gasteiger partial charge in [-0.2, -0.15) is 0 Å². The number of hydrogen-bond acceptors (Lipinski definition) is 4. The number of likely N-dealkylation sites (N-methyl/N-ethyl adjacent to an activating group) is 1. The monoisotopic (exact) mass is 285 g/mol. The number of anilines is 1. The maximum Gasteiger partial charge on any atom is 0.126 e. The highest BCUT2D eigenvalue weighted by atomic mass is 35.5. The van der Waals surface area contributed by atoms with E-state index in [-0.39, 0.29) is 12.1 Å². The van der Waals surface area contributed by atoms with Gasteiger partial charge in [0, 0.05) is 18.6 Å². The van der Waals surface area contributed by atoms with Crippen LogP contribution in [0.25, 0.3) is 0 Å². The molecule has 5 heteroatoms. The van der Waals surface area contributed by atoms with Gasteiger partial charge in [-0.25, -0.2) is 4.98 Å². The summed E-state index contributed by atoms with van der Waals surface area (Å²) in [7, 11) is 1.96. The molecule has 0 radical (unpaired) electrons. The van der Waals surface area contributed by atoms with E-state index in [1.807, 2.05) is 37.9 Å². The number of rotatable bonds is 7. The highest BCUT2D eigenvalue weighted by Gasteiger charge is 2.23. The van der Waals surface area contributed by atoms with Gasteiger partial charge < -0.3 is 10.4 Å². The lowest BCUT2D eigenvalue weighted by Crippen LogP contribution is -2.43. The van der Waals surface area contributed by atoms with Crippen LogP contribution in [0.2, 0.25) is 5.02 Å². The van der Waals surface area contributed by atoms with Gasteiger partial charge in [-0.3, -0.25) is 4.90 Å². The lowest BCUT2D eigenvalue weighted by molar-refractivity contribution is 0.0725. The predicted octanol–water partition coefficient (Wildman–Crippen LogP) is 2.76. The summed E-state index contributed by atoms with van der Waals surface area (Å²) in [4.78, 5) is 6.58. The van der Waals surface area contributed by atoms with Gasteiger partial charge in [0.05, 0.1) is 17.3 Å². The fourth-order valence-electron chi connectivity index (χ4n) is 1.51. The van der Waals surface area contributed by atoms with Gasteiger partial charge in [-0.15, -0.1) is 0 Å². The van der Waals surface area contributed by atoms with Gasteiger partial charge in [0.1, 0.15) is 5.82 Å². The van der Waals surface area contributed by atoms with Crippen LogP contribution in [0.1, 0.15) is 32.9 Å². The third-order valence-corrected chi connectivity index (χ3v) is 3.63. The van der Waals surface area contributed by atoms with Crippen molar-refractivity contribution in [2.24, 2.45) is 0 Å². The van der Waals surface area contributed by atoms with Crippen LogP contribution in [0.5, 0.6) is 0 Å². The molecule has 2 N–H and O–H groups in total. The van der Waals surface area contributed by atoms with E-state index in [4.69, 9.17) is 11.6 Å². The van der Waals surface area contributed by atoms with E-state index in [2.05, 4.69) is 17.2 Å². The van der Waals surface area contributed by atoms with E-state index >= 15 is 0 Å². The Morgan fingerprint density at radius 1 is 1.42 bits per heavy atom. The molecule has 0 aliphatic heterocycles. The highest BCUT2D eigenvalue weighted by Crippen LogP contribution is 2.21. The van der Waals surface area contributed by atoms with Gasteiger partial charge >= 0.3 is 0 Å². The summed E-state index contributed by atoms with van der Waals surface area (Å²) >= 11 is 6.19. The lowest BCUT2D eigenvalue weighted by Gasteiger charge is -2.33.